The van der Waals surface area contributed by atoms with Gasteiger partial charge in [0.05, 0.1) is 19.9 Å². The second kappa shape index (κ2) is 6.14. The first-order valence-electron chi connectivity index (χ1n) is 6.28. The van der Waals surface area contributed by atoms with Crippen LogP contribution in [0.15, 0.2) is 47.4 Å². The number of carbonyl (C=O) groups is 1. The minimum absolute atomic E-state index is 0.163. The second-order valence-electron chi connectivity index (χ2n) is 4.54. The number of aryl methyl sites for hydroxylation is 1. The lowest BCUT2D eigenvalue weighted by atomic mass is 9.99. The van der Waals surface area contributed by atoms with Gasteiger partial charge in [0, 0.05) is 6.07 Å². The lowest BCUT2D eigenvalue weighted by Crippen LogP contribution is -2.29. The van der Waals surface area contributed by atoms with Crippen LogP contribution in [0, 0.1) is 6.92 Å². The van der Waals surface area contributed by atoms with Gasteiger partial charge in [0.1, 0.15) is 5.92 Å². The highest BCUT2D eigenvalue weighted by atomic mass is 16.5. The van der Waals surface area contributed by atoms with Crippen LogP contribution in [-0.2, 0) is 16.1 Å². The lowest BCUT2D eigenvalue weighted by Gasteiger charge is -2.15. The van der Waals surface area contributed by atoms with Crippen LogP contribution in [0.3, 0.4) is 0 Å². The first kappa shape index (κ1) is 14.0. The molecular formula is C15H16N2O3. The maximum Gasteiger partial charge on any atom is 0.315 e. The molecule has 0 N–H and O–H groups in total. The minimum Gasteiger partial charge on any atom is -0.468 e. The average molecular weight is 272 g/mol. The third kappa shape index (κ3) is 3.12. The van der Waals surface area contributed by atoms with E-state index in [9.17, 15) is 9.59 Å². The summed E-state index contributed by atoms with van der Waals surface area (Å²) in [5, 5.41) is 4.06. The molecule has 2 rings (SSSR count). The molecule has 1 aromatic carbocycles. The van der Waals surface area contributed by atoms with Crippen molar-refractivity contribution in [2.75, 3.05) is 7.11 Å². The Morgan fingerprint density at radius 1 is 1.35 bits per heavy atom. The number of nitrogens with zero attached hydrogens (tertiary/aromatic N) is 2. The van der Waals surface area contributed by atoms with Gasteiger partial charge in [-0.15, -0.1) is 0 Å². The Morgan fingerprint density at radius 3 is 2.65 bits per heavy atom. The van der Waals surface area contributed by atoms with Crippen molar-refractivity contribution in [3.63, 3.8) is 0 Å². The van der Waals surface area contributed by atoms with Crippen LogP contribution < -0.4 is 5.56 Å². The van der Waals surface area contributed by atoms with Crippen molar-refractivity contribution in [1.82, 2.24) is 9.78 Å². The highest BCUT2D eigenvalue weighted by Crippen LogP contribution is 2.18. The quantitative estimate of drug-likeness (QED) is 0.791. The lowest BCUT2D eigenvalue weighted by molar-refractivity contribution is -0.142. The van der Waals surface area contributed by atoms with Gasteiger partial charge in [0.25, 0.3) is 5.56 Å². The zero-order valence-electron chi connectivity index (χ0n) is 11.4. The van der Waals surface area contributed by atoms with E-state index in [4.69, 9.17) is 4.74 Å². The predicted octanol–water partition coefficient (Wildman–Crippen LogP) is 1.51. The number of carbonyl (C=O) groups excluding carboxylic acids is 1. The van der Waals surface area contributed by atoms with Gasteiger partial charge in [-0.3, -0.25) is 9.59 Å². The Hall–Kier alpha value is -2.43. The van der Waals surface area contributed by atoms with Crippen LogP contribution in [0.4, 0.5) is 0 Å². The monoisotopic (exact) mass is 272 g/mol. The molecule has 0 radical (unpaired) electrons. The van der Waals surface area contributed by atoms with Crippen molar-refractivity contribution in [3.05, 3.63) is 64.1 Å². The molecule has 0 aliphatic carbocycles. The van der Waals surface area contributed by atoms with E-state index in [1.54, 1.807) is 13.1 Å². The van der Waals surface area contributed by atoms with Crippen molar-refractivity contribution in [2.24, 2.45) is 0 Å². The van der Waals surface area contributed by atoms with Crippen molar-refractivity contribution < 1.29 is 9.53 Å². The molecule has 0 saturated carbocycles. The molecule has 0 aliphatic rings. The van der Waals surface area contributed by atoms with Crippen LogP contribution in [0.1, 0.15) is 17.0 Å². The molecule has 0 aliphatic heterocycles. The Balaban J connectivity index is 2.34. The standard InChI is InChI=1S/C15H16N2O3/c1-11-8-14(18)17(16-9-11)10-13(15(19)20-2)12-6-4-3-5-7-12/h3-9,13H,10H2,1-2H3. The van der Waals surface area contributed by atoms with E-state index >= 15 is 0 Å². The maximum absolute atomic E-state index is 11.9. The van der Waals surface area contributed by atoms with Gasteiger partial charge >= 0.3 is 5.97 Å². The van der Waals surface area contributed by atoms with Crippen molar-refractivity contribution >= 4 is 5.97 Å². The number of aromatic nitrogens is 2. The highest BCUT2D eigenvalue weighted by Gasteiger charge is 2.22. The molecule has 1 atom stereocenters. The molecule has 0 saturated heterocycles. The van der Waals surface area contributed by atoms with E-state index in [2.05, 4.69) is 5.10 Å². The maximum atomic E-state index is 11.9. The predicted molar refractivity (Wildman–Crippen MR) is 74.4 cm³/mol. The van der Waals surface area contributed by atoms with E-state index in [1.165, 1.54) is 17.9 Å². The minimum atomic E-state index is -0.547. The summed E-state index contributed by atoms with van der Waals surface area (Å²) < 4.78 is 6.10. The van der Waals surface area contributed by atoms with Crippen molar-refractivity contribution in [1.29, 1.82) is 0 Å². The normalized spacial score (nSPS) is 11.9. The number of methoxy groups -OCH3 is 1. The molecule has 1 heterocycles. The molecule has 20 heavy (non-hydrogen) atoms. The van der Waals surface area contributed by atoms with Gasteiger partial charge in [0.2, 0.25) is 0 Å². The van der Waals surface area contributed by atoms with Crippen LogP contribution in [0.25, 0.3) is 0 Å². The second-order valence-corrected chi connectivity index (χ2v) is 4.54. The van der Waals surface area contributed by atoms with Gasteiger partial charge in [-0.05, 0) is 18.1 Å². The van der Waals surface area contributed by atoms with Gasteiger partial charge in [-0.25, -0.2) is 4.68 Å². The Morgan fingerprint density at radius 2 is 2.05 bits per heavy atom. The average Bonchev–Trinajstić information content (AvgIpc) is 2.46. The van der Waals surface area contributed by atoms with Crippen molar-refractivity contribution in [2.45, 2.75) is 19.4 Å². The zero-order chi connectivity index (χ0) is 14.5. The Kier molecular flexibility index (Phi) is 4.30. The summed E-state index contributed by atoms with van der Waals surface area (Å²) in [5.41, 5.74) is 1.36. The number of benzene rings is 1. The summed E-state index contributed by atoms with van der Waals surface area (Å²) in [6.45, 7) is 1.96. The molecule has 0 spiro atoms. The first-order chi connectivity index (χ1) is 9.61. The summed E-state index contributed by atoms with van der Waals surface area (Å²) in [4.78, 5) is 23.8. The number of hydrogen-bond acceptors (Lipinski definition) is 4. The van der Waals surface area contributed by atoms with Gasteiger partial charge < -0.3 is 4.74 Å². The third-order valence-corrected chi connectivity index (χ3v) is 3.05. The molecule has 2 aromatic rings. The molecule has 0 amide bonds. The summed E-state index contributed by atoms with van der Waals surface area (Å²) in [6, 6.07) is 10.7. The molecule has 1 unspecified atom stereocenters. The number of hydrogen-bond donors (Lipinski definition) is 0. The number of ether oxygens (including phenoxy) is 1. The van der Waals surface area contributed by atoms with Gasteiger partial charge in [0.15, 0.2) is 0 Å². The Bertz CT molecular complexity index is 650. The summed E-state index contributed by atoms with van der Waals surface area (Å²) >= 11 is 0. The van der Waals surface area contributed by atoms with E-state index in [1.807, 2.05) is 30.3 Å². The van der Waals surface area contributed by atoms with E-state index in [-0.39, 0.29) is 18.1 Å². The topological polar surface area (TPSA) is 61.2 Å². The summed E-state index contributed by atoms with van der Waals surface area (Å²) in [6.07, 6.45) is 1.60. The Labute approximate surface area is 116 Å². The van der Waals surface area contributed by atoms with Crippen LogP contribution in [0.5, 0.6) is 0 Å². The fourth-order valence-corrected chi connectivity index (χ4v) is 1.98. The third-order valence-electron chi connectivity index (χ3n) is 3.05. The zero-order valence-corrected chi connectivity index (χ0v) is 11.4. The smallest absolute Gasteiger partial charge is 0.315 e. The molecule has 0 bridgehead atoms. The number of rotatable bonds is 4. The molecule has 5 heteroatoms. The molecule has 1 aromatic heterocycles. The van der Waals surface area contributed by atoms with Crippen LogP contribution in [-0.4, -0.2) is 22.9 Å². The highest BCUT2D eigenvalue weighted by molar-refractivity contribution is 5.77. The van der Waals surface area contributed by atoms with Crippen molar-refractivity contribution in [3.8, 4) is 0 Å². The van der Waals surface area contributed by atoms with Gasteiger partial charge in [-0.1, -0.05) is 30.3 Å². The largest absolute Gasteiger partial charge is 0.468 e. The van der Waals surface area contributed by atoms with Crippen LogP contribution >= 0.6 is 0 Å². The van der Waals surface area contributed by atoms with Crippen LogP contribution in [0.2, 0.25) is 0 Å². The molecule has 104 valence electrons. The fraction of sp³-hybridized carbons (Fsp3) is 0.267. The summed E-state index contributed by atoms with van der Waals surface area (Å²) in [5.74, 6) is -0.931. The first-order valence-corrected chi connectivity index (χ1v) is 6.28. The van der Waals surface area contributed by atoms with E-state index in [0.717, 1.165) is 11.1 Å². The SMILES string of the molecule is COC(=O)C(Cn1ncc(C)cc1=O)c1ccccc1. The van der Waals surface area contributed by atoms with Gasteiger partial charge in [-0.2, -0.15) is 5.10 Å². The molecule has 5 nitrogen and oxygen atoms in total. The van der Waals surface area contributed by atoms with E-state index < -0.39 is 5.92 Å². The molecular weight excluding hydrogens is 256 g/mol. The summed E-state index contributed by atoms with van der Waals surface area (Å²) in [7, 11) is 1.34. The molecule has 0 fully saturated rings. The fourth-order valence-electron chi connectivity index (χ4n) is 1.98. The van der Waals surface area contributed by atoms with E-state index in [0.29, 0.717) is 0 Å². The number of esters is 1.